The third-order valence-corrected chi connectivity index (χ3v) is 3.66. The van der Waals surface area contributed by atoms with Gasteiger partial charge in [0.25, 0.3) is 0 Å². The molecule has 0 amide bonds. The first kappa shape index (κ1) is 9.69. The number of hydrogen-bond acceptors (Lipinski definition) is 3. The largest absolute Gasteiger partial charge is 0.469 e. The molecule has 14 heavy (non-hydrogen) atoms. The molecule has 3 atom stereocenters. The summed E-state index contributed by atoms with van der Waals surface area (Å²) in [6.45, 7) is 0. The monoisotopic (exact) mass is 196 g/mol. The molecule has 2 fully saturated rings. The number of hydrogen-bond donors (Lipinski definition) is 0. The highest BCUT2D eigenvalue weighted by Crippen LogP contribution is 2.44. The number of carbonyl (C=O) groups excluding carboxylic acids is 2. The molecule has 2 saturated carbocycles. The van der Waals surface area contributed by atoms with Crippen molar-refractivity contribution in [2.75, 3.05) is 7.11 Å². The minimum absolute atomic E-state index is 0.0564. The van der Waals surface area contributed by atoms with Crippen molar-refractivity contribution >= 4 is 11.8 Å². The van der Waals surface area contributed by atoms with Crippen LogP contribution in [0.1, 0.15) is 32.1 Å². The van der Waals surface area contributed by atoms with Crippen LogP contribution in [0.25, 0.3) is 0 Å². The van der Waals surface area contributed by atoms with E-state index in [1.54, 1.807) is 0 Å². The SMILES string of the molecule is COC(=O)[C@@H]1C[C@@H]2CCC(=O)C[C@H]2C1. The maximum absolute atomic E-state index is 11.3. The smallest absolute Gasteiger partial charge is 0.308 e. The Morgan fingerprint density at radius 1 is 1.36 bits per heavy atom. The van der Waals surface area contributed by atoms with Crippen molar-refractivity contribution in [1.82, 2.24) is 0 Å². The molecule has 0 aromatic rings. The average Bonchev–Trinajstić information content (AvgIpc) is 2.59. The fourth-order valence-electron chi connectivity index (χ4n) is 2.92. The van der Waals surface area contributed by atoms with Crippen molar-refractivity contribution < 1.29 is 14.3 Å². The fourth-order valence-corrected chi connectivity index (χ4v) is 2.92. The van der Waals surface area contributed by atoms with Crippen LogP contribution in [0.2, 0.25) is 0 Å². The molecule has 0 unspecified atom stereocenters. The average molecular weight is 196 g/mol. The van der Waals surface area contributed by atoms with Crippen LogP contribution < -0.4 is 0 Å². The Morgan fingerprint density at radius 3 is 2.79 bits per heavy atom. The number of fused-ring (bicyclic) bond motifs is 1. The molecule has 0 saturated heterocycles. The highest BCUT2D eigenvalue weighted by Gasteiger charge is 2.41. The van der Waals surface area contributed by atoms with Gasteiger partial charge in [0, 0.05) is 12.8 Å². The number of ketones is 1. The van der Waals surface area contributed by atoms with Crippen LogP contribution in [0, 0.1) is 17.8 Å². The fraction of sp³-hybridized carbons (Fsp3) is 0.818. The van der Waals surface area contributed by atoms with Crippen molar-refractivity contribution in [2.45, 2.75) is 32.1 Å². The zero-order valence-corrected chi connectivity index (χ0v) is 8.49. The van der Waals surface area contributed by atoms with Crippen LogP contribution in [-0.2, 0) is 14.3 Å². The molecule has 3 nitrogen and oxygen atoms in total. The molecule has 3 heteroatoms. The van der Waals surface area contributed by atoms with Crippen molar-refractivity contribution in [1.29, 1.82) is 0 Å². The van der Waals surface area contributed by atoms with Gasteiger partial charge < -0.3 is 4.74 Å². The predicted octanol–water partition coefficient (Wildman–Crippen LogP) is 1.55. The van der Waals surface area contributed by atoms with E-state index in [0.29, 0.717) is 24.0 Å². The summed E-state index contributed by atoms with van der Waals surface area (Å²) in [6.07, 6.45) is 4.19. The molecule has 0 N–H and O–H groups in total. The van der Waals surface area contributed by atoms with Gasteiger partial charge in [-0.2, -0.15) is 0 Å². The quantitative estimate of drug-likeness (QED) is 0.598. The molecule has 0 radical (unpaired) electrons. The normalized spacial score (nSPS) is 36.6. The molecule has 0 aromatic carbocycles. The van der Waals surface area contributed by atoms with Crippen molar-refractivity contribution in [3.63, 3.8) is 0 Å². The number of carbonyl (C=O) groups is 2. The van der Waals surface area contributed by atoms with Gasteiger partial charge in [0.1, 0.15) is 5.78 Å². The van der Waals surface area contributed by atoms with Gasteiger partial charge >= 0.3 is 5.97 Å². The first-order valence-electron chi connectivity index (χ1n) is 5.30. The molecule has 0 spiro atoms. The standard InChI is InChI=1S/C11H16O3/c1-14-11(13)9-4-7-2-3-10(12)6-8(7)5-9/h7-9H,2-6H2,1H3/t7-,8+,9+/m0/s1. The summed E-state index contributed by atoms with van der Waals surface area (Å²) in [4.78, 5) is 22.6. The van der Waals surface area contributed by atoms with Gasteiger partial charge in [0.15, 0.2) is 0 Å². The van der Waals surface area contributed by atoms with E-state index in [1.807, 2.05) is 0 Å². The molecule has 2 rings (SSSR count). The van der Waals surface area contributed by atoms with E-state index in [1.165, 1.54) is 7.11 Å². The van der Waals surface area contributed by atoms with E-state index < -0.39 is 0 Å². The second kappa shape index (κ2) is 3.71. The number of rotatable bonds is 1. The lowest BCUT2D eigenvalue weighted by Crippen LogP contribution is -2.20. The first-order valence-corrected chi connectivity index (χ1v) is 5.30. The van der Waals surface area contributed by atoms with E-state index >= 15 is 0 Å². The predicted molar refractivity (Wildman–Crippen MR) is 50.6 cm³/mol. The van der Waals surface area contributed by atoms with Crippen LogP contribution in [0.3, 0.4) is 0 Å². The number of esters is 1. The second-order valence-corrected chi connectivity index (χ2v) is 4.49. The molecule has 0 aromatic heterocycles. The molecule has 2 aliphatic rings. The second-order valence-electron chi connectivity index (χ2n) is 4.49. The summed E-state index contributed by atoms with van der Waals surface area (Å²) >= 11 is 0. The highest BCUT2D eigenvalue weighted by molar-refractivity contribution is 5.80. The van der Waals surface area contributed by atoms with Crippen molar-refractivity contribution in [2.24, 2.45) is 17.8 Å². The van der Waals surface area contributed by atoms with E-state index in [9.17, 15) is 9.59 Å². The van der Waals surface area contributed by atoms with Gasteiger partial charge in [-0.1, -0.05) is 0 Å². The summed E-state index contributed by atoms with van der Waals surface area (Å²) < 4.78 is 4.74. The third kappa shape index (κ3) is 1.68. The summed E-state index contributed by atoms with van der Waals surface area (Å²) in [5.41, 5.74) is 0. The maximum Gasteiger partial charge on any atom is 0.308 e. The van der Waals surface area contributed by atoms with Gasteiger partial charge in [-0.05, 0) is 31.1 Å². The minimum atomic E-state index is -0.0909. The number of Topliss-reactive ketones (excluding diaryl/α,β-unsaturated/α-hetero) is 1. The van der Waals surface area contributed by atoms with Crippen LogP contribution in [-0.4, -0.2) is 18.9 Å². The molecular formula is C11H16O3. The van der Waals surface area contributed by atoms with Gasteiger partial charge in [-0.3, -0.25) is 9.59 Å². The van der Waals surface area contributed by atoms with E-state index in [0.717, 1.165) is 25.7 Å². The Kier molecular flexibility index (Phi) is 2.57. The van der Waals surface area contributed by atoms with Crippen molar-refractivity contribution in [3.05, 3.63) is 0 Å². The molecule has 0 bridgehead atoms. The van der Waals surface area contributed by atoms with Crippen LogP contribution >= 0.6 is 0 Å². The van der Waals surface area contributed by atoms with Crippen LogP contribution in [0.5, 0.6) is 0 Å². The first-order chi connectivity index (χ1) is 6.70. The summed E-state index contributed by atoms with van der Waals surface area (Å²) in [7, 11) is 1.44. The Bertz CT molecular complexity index is 259. The van der Waals surface area contributed by atoms with Crippen molar-refractivity contribution in [3.8, 4) is 0 Å². The van der Waals surface area contributed by atoms with E-state index in [2.05, 4.69) is 0 Å². The number of ether oxygens (including phenoxy) is 1. The van der Waals surface area contributed by atoms with Gasteiger partial charge in [-0.25, -0.2) is 0 Å². The zero-order chi connectivity index (χ0) is 10.1. The Labute approximate surface area is 83.8 Å². The number of methoxy groups -OCH3 is 1. The minimum Gasteiger partial charge on any atom is -0.469 e. The molecule has 0 aliphatic heterocycles. The molecule has 78 valence electrons. The highest BCUT2D eigenvalue weighted by atomic mass is 16.5. The molecule has 2 aliphatic carbocycles. The van der Waals surface area contributed by atoms with E-state index in [-0.39, 0.29) is 11.9 Å². The maximum atomic E-state index is 11.3. The lowest BCUT2D eigenvalue weighted by molar-refractivity contribution is -0.145. The molecular weight excluding hydrogens is 180 g/mol. The van der Waals surface area contributed by atoms with Gasteiger partial charge in [0.2, 0.25) is 0 Å². The van der Waals surface area contributed by atoms with Crippen LogP contribution in [0.4, 0.5) is 0 Å². The summed E-state index contributed by atoms with van der Waals surface area (Å²) in [5, 5.41) is 0. The Balaban J connectivity index is 1.98. The topological polar surface area (TPSA) is 43.4 Å². The molecule has 0 heterocycles. The lowest BCUT2D eigenvalue weighted by atomic mass is 9.81. The zero-order valence-electron chi connectivity index (χ0n) is 8.49. The van der Waals surface area contributed by atoms with Gasteiger partial charge in [-0.15, -0.1) is 0 Å². The third-order valence-electron chi connectivity index (χ3n) is 3.66. The van der Waals surface area contributed by atoms with E-state index in [4.69, 9.17) is 4.74 Å². The lowest BCUT2D eigenvalue weighted by Gasteiger charge is -2.23. The summed E-state index contributed by atoms with van der Waals surface area (Å²) in [6, 6.07) is 0. The Morgan fingerprint density at radius 2 is 2.07 bits per heavy atom. The van der Waals surface area contributed by atoms with Crippen LogP contribution in [0.15, 0.2) is 0 Å². The van der Waals surface area contributed by atoms with Gasteiger partial charge in [0.05, 0.1) is 13.0 Å². The summed E-state index contributed by atoms with van der Waals surface area (Å²) in [5.74, 6) is 1.39. The Hall–Kier alpha value is -0.860.